The van der Waals surface area contributed by atoms with Gasteiger partial charge in [0.25, 0.3) is 0 Å². The van der Waals surface area contributed by atoms with Crippen LogP contribution in [0.4, 0.5) is 4.79 Å². The highest BCUT2D eigenvalue weighted by molar-refractivity contribution is 6.57. The van der Waals surface area contributed by atoms with Crippen molar-refractivity contribution in [2.45, 2.75) is 31.8 Å². The largest absolute Gasteiger partial charge is 0.348 e. The maximum Gasteiger partial charge on any atom is 0.215 e. The van der Waals surface area contributed by atoms with Crippen molar-refractivity contribution in [3.8, 4) is 0 Å². The Bertz CT molecular complexity index is 244. The SMILES string of the molecule is BC(=O)N1C[C@H]1[C@H]1COC(C)(C)O1. The molecule has 1 amide bonds. The van der Waals surface area contributed by atoms with Crippen LogP contribution in [0.1, 0.15) is 13.8 Å². The van der Waals surface area contributed by atoms with Crippen LogP contribution in [-0.2, 0) is 9.47 Å². The van der Waals surface area contributed by atoms with Crippen molar-refractivity contribution >= 4 is 13.7 Å². The first-order valence-corrected chi connectivity index (χ1v) is 4.58. The van der Waals surface area contributed by atoms with E-state index >= 15 is 0 Å². The van der Waals surface area contributed by atoms with Gasteiger partial charge in [0.05, 0.1) is 12.6 Å². The van der Waals surface area contributed by atoms with Crippen LogP contribution in [0.2, 0.25) is 0 Å². The van der Waals surface area contributed by atoms with Crippen LogP contribution in [0.15, 0.2) is 0 Å². The molecule has 0 unspecified atom stereocenters. The lowest BCUT2D eigenvalue weighted by Crippen LogP contribution is -2.27. The summed E-state index contributed by atoms with van der Waals surface area (Å²) in [6, 6.07) is 0.249. The molecule has 2 aliphatic heterocycles. The molecule has 0 saturated carbocycles. The molecule has 72 valence electrons. The zero-order valence-electron chi connectivity index (χ0n) is 8.24. The van der Waals surface area contributed by atoms with Gasteiger partial charge in [0.15, 0.2) is 11.6 Å². The number of carbonyl (C=O) groups is 1. The number of carbonyl (C=O) groups excluding carboxylic acids is 1. The number of rotatable bonds is 1. The highest BCUT2D eigenvalue weighted by atomic mass is 16.7. The minimum atomic E-state index is -0.476. The van der Waals surface area contributed by atoms with Crippen molar-refractivity contribution in [2.75, 3.05) is 13.2 Å². The summed E-state index contributed by atoms with van der Waals surface area (Å²) in [5.41, 5.74) is 0. The standard InChI is InChI=1S/C8H14BNO3/c1-8(2)12-4-6(13-8)5-3-10(5)7(9)11/h5-6H,3-4,9H2,1-2H3/t5-,6+,10?/m0/s1. The Labute approximate surface area is 78.6 Å². The minimum absolute atomic E-state index is 0.0684. The van der Waals surface area contributed by atoms with Crippen molar-refractivity contribution in [1.82, 2.24) is 4.90 Å². The van der Waals surface area contributed by atoms with E-state index < -0.39 is 5.79 Å². The van der Waals surface area contributed by atoms with Gasteiger partial charge in [-0.25, -0.2) is 0 Å². The van der Waals surface area contributed by atoms with E-state index in [0.717, 1.165) is 6.54 Å². The molecular weight excluding hydrogens is 169 g/mol. The average molecular weight is 183 g/mol. The van der Waals surface area contributed by atoms with Crippen LogP contribution in [0, 0.1) is 0 Å². The molecule has 0 aliphatic carbocycles. The number of hydrogen-bond donors (Lipinski definition) is 0. The van der Waals surface area contributed by atoms with Crippen LogP contribution >= 0.6 is 0 Å². The van der Waals surface area contributed by atoms with E-state index in [1.807, 2.05) is 13.8 Å². The lowest BCUT2D eigenvalue weighted by atomic mass is 10.1. The minimum Gasteiger partial charge on any atom is -0.348 e. The van der Waals surface area contributed by atoms with E-state index in [1.54, 1.807) is 12.7 Å². The molecule has 0 N–H and O–H groups in total. The topological polar surface area (TPSA) is 38.5 Å². The van der Waals surface area contributed by atoms with Crippen LogP contribution in [0.3, 0.4) is 0 Å². The Balaban J connectivity index is 1.89. The smallest absolute Gasteiger partial charge is 0.215 e. The summed E-state index contributed by atoms with van der Waals surface area (Å²) < 4.78 is 11.1. The summed E-state index contributed by atoms with van der Waals surface area (Å²) >= 11 is 0. The molecule has 2 atom stereocenters. The van der Waals surface area contributed by atoms with Gasteiger partial charge in [0, 0.05) is 6.54 Å². The maximum absolute atomic E-state index is 11.0. The van der Waals surface area contributed by atoms with Gasteiger partial charge < -0.3 is 14.4 Å². The van der Waals surface area contributed by atoms with Gasteiger partial charge in [-0.2, -0.15) is 0 Å². The number of hydrogen-bond acceptors (Lipinski definition) is 3. The van der Waals surface area contributed by atoms with Crippen molar-refractivity contribution in [3.63, 3.8) is 0 Å². The van der Waals surface area contributed by atoms with Gasteiger partial charge in [-0.3, -0.25) is 4.79 Å². The van der Waals surface area contributed by atoms with Crippen LogP contribution in [0.5, 0.6) is 0 Å². The second-order valence-corrected chi connectivity index (χ2v) is 4.11. The monoisotopic (exact) mass is 183 g/mol. The molecule has 13 heavy (non-hydrogen) atoms. The summed E-state index contributed by atoms with van der Waals surface area (Å²) in [5.74, 6) is -0.353. The summed E-state index contributed by atoms with van der Waals surface area (Å²) in [6.07, 6.45) is 0.0684. The number of amides is 1. The van der Waals surface area contributed by atoms with Gasteiger partial charge >= 0.3 is 0 Å². The van der Waals surface area contributed by atoms with Gasteiger partial charge in [-0.1, -0.05) is 0 Å². The summed E-state index contributed by atoms with van der Waals surface area (Å²) in [6.45, 7) is 5.21. The van der Waals surface area contributed by atoms with Gasteiger partial charge in [0.2, 0.25) is 7.85 Å². The van der Waals surface area contributed by atoms with Crippen molar-refractivity contribution in [2.24, 2.45) is 0 Å². The van der Waals surface area contributed by atoms with E-state index in [2.05, 4.69) is 0 Å². The summed E-state index contributed by atoms with van der Waals surface area (Å²) in [7, 11) is 1.58. The summed E-state index contributed by atoms with van der Waals surface area (Å²) in [5, 5.41) is 0. The molecule has 5 heteroatoms. The zero-order valence-corrected chi connectivity index (χ0v) is 8.24. The van der Waals surface area contributed by atoms with Gasteiger partial charge in [-0.15, -0.1) is 0 Å². The lowest BCUT2D eigenvalue weighted by molar-refractivity contribution is -0.138. The van der Waals surface area contributed by atoms with Gasteiger partial charge in [0.1, 0.15) is 6.10 Å². The van der Waals surface area contributed by atoms with Gasteiger partial charge in [-0.05, 0) is 13.8 Å². The fourth-order valence-corrected chi connectivity index (χ4v) is 1.74. The first kappa shape index (κ1) is 9.03. The van der Waals surface area contributed by atoms with E-state index in [4.69, 9.17) is 9.47 Å². The molecule has 0 bridgehead atoms. The average Bonchev–Trinajstić information content (AvgIpc) is 2.71. The van der Waals surface area contributed by atoms with Crippen molar-refractivity contribution in [3.05, 3.63) is 0 Å². The third-order valence-corrected chi connectivity index (χ3v) is 2.51. The molecular formula is C8H14BNO3. The predicted octanol–water partition coefficient (Wildman–Crippen LogP) is -0.425. The molecule has 4 nitrogen and oxygen atoms in total. The second-order valence-electron chi connectivity index (χ2n) is 4.11. The summed E-state index contributed by atoms with van der Waals surface area (Å²) in [4.78, 5) is 12.8. The molecule has 2 aliphatic rings. The Hall–Kier alpha value is -0.545. The van der Waals surface area contributed by atoms with Crippen LogP contribution in [0.25, 0.3) is 0 Å². The first-order chi connectivity index (χ1) is 5.99. The molecule has 0 aromatic carbocycles. The van der Waals surface area contributed by atoms with Crippen molar-refractivity contribution < 1.29 is 14.3 Å². The Morgan fingerprint density at radius 3 is 2.69 bits per heavy atom. The molecule has 2 saturated heterocycles. The fraction of sp³-hybridized carbons (Fsp3) is 0.875. The van der Waals surface area contributed by atoms with E-state index in [9.17, 15) is 4.79 Å². The van der Waals surface area contributed by atoms with Crippen LogP contribution < -0.4 is 0 Å². The highest BCUT2D eigenvalue weighted by Gasteiger charge is 2.48. The zero-order chi connectivity index (χ0) is 9.64. The Morgan fingerprint density at radius 2 is 2.31 bits per heavy atom. The third kappa shape index (κ3) is 1.71. The quantitative estimate of drug-likeness (QED) is 0.409. The Kier molecular flexibility index (Phi) is 1.89. The number of ether oxygens (including phenoxy) is 2. The Morgan fingerprint density at radius 1 is 1.62 bits per heavy atom. The highest BCUT2D eigenvalue weighted by Crippen LogP contribution is 2.31. The van der Waals surface area contributed by atoms with E-state index in [-0.39, 0.29) is 18.0 Å². The predicted molar refractivity (Wildman–Crippen MR) is 49.3 cm³/mol. The molecule has 0 spiro atoms. The third-order valence-electron chi connectivity index (χ3n) is 2.51. The first-order valence-electron chi connectivity index (χ1n) is 4.58. The molecule has 0 radical (unpaired) electrons. The number of nitrogens with zero attached hydrogens (tertiary/aromatic N) is 1. The molecule has 2 fully saturated rings. The molecule has 0 aromatic rings. The van der Waals surface area contributed by atoms with E-state index in [0.29, 0.717) is 6.61 Å². The molecule has 0 aromatic heterocycles. The fourth-order valence-electron chi connectivity index (χ4n) is 1.74. The lowest BCUT2D eigenvalue weighted by Gasteiger charge is -2.16. The van der Waals surface area contributed by atoms with E-state index in [1.165, 1.54) is 0 Å². The second kappa shape index (κ2) is 2.72. The molecule has 2 heterocycles. The normalized spacial score (nSPS) is 36.3. The maximum atomic E-state index is 11.0. The van der Waals surface area contributed by atoms with Crippen molar-refractivity contribution in [1.29, 1.82) is 0 Å². The molecule has 2 rings (SSSR count). The van der Waals surface area contributed by atoms with Crippen LogP contribution in [-0.4, -0.2) is 49.6 Å².